The Bertz CT molecular complexity index is 1030. The molecule has 3 heterocycles. The molecule has 0 saturated heterocycles. The molecule has 0 unspecified atom stereocenters. The Labute approximate surface area is 179 Å². The van der Waals surface area contributed by atoms with Crippen LogP contribution in [0.4, 0.5) is 19.1 Å². The first kappa shape index (κ1) is 21.4. The molecule has 164 valence electrons. The Morgan fingerprint density at radius 3 is 2.48 bits per heavy atom. The number of aromatic nitrogens is 2. The Kier molecular flexibility index (Phi) is 6.00. The van der Waals surface area contributed by atoms with Gasteiger partial charge in [-0.15, -0.1) is 0 Å². The van der Waals surface area contributed by atoms with Crippen molar-refractivity contribution in [1.82, 2.24) is 14.9 Å². The molecule has 1 aliphatic rings. The Morgan fingerprint density at radius 1 is 1.06 bits per heavy atom. The Morgan fingerprint density at radius 2 is 1.81 bits per heavy atom. The molecule has 0 aliphatic carbocycles. The standard InChI is InChI=1S/C23H25F3N4O/c1-3-30(4-2)21-10-9-19(31-21)15-29-12-11-20-17(14-29)13-27-22(28-20)16-5-7-18(8-6-16)23(24,25)26/h5-10,13H,3-4,11-12,14-15H2,1-2H3. The highest BCUT2D eigenvalue weighted by atomic mass is 19.4. The highest BCUT2D eigenvalue weighted by Crippen LogP contribution is 2.31. The fourth-order valence-corrected chi connectivity index (χ4v) is 3.83. The van der Waals surface area contributed by atoms with Crippen LogP contribution < -0.4 is 4.90 Å². The molecule has 0 N–H and O–H groups in total. The smallest absolute Gasteiger partial charge is 0.416 e. The summed E-state index contributed by atoms with van der Waals surface area (Å²) in [4.78, 5) is 13.5. The number of alkyl halides is 3. The molecule has 3 aromatic rings. The van der Waals surface area contributed by atoms with Gasteiger partial charge in [-0.25, -0.2) is 9.97 Å². The first-order valence-corrected chi connectivity index (χ1v) is 10.5. The van der Waals surface area contributed by atoms with Crippen molar-refractivity contribution < 1.29 is 17.6 Å². The molecule has 0 amide bonds. The second kappa shape index (κ2) is 8.70. The van der Waals surface area contributed by atoms with E-state index >= 15 is 0 Å². The van der Waals surface area contributed by atoms with Crippen molar-refractivity contribution in [2.24, 2.45) is 0 Å². The summed E-state index contributed by atoms with van der Waals surface area (Å²) >= 11 is 0. The lowest BCUT2D eigenvalue weighted by atomic mass is 10.1. The average Bonchev–Trinajstić information content (AvgIpc) is 3.22. The highest BCUT2D eigenvalue weighted by molar-refractivity contribution is 5.56. The largest absolute Gasteiger partial charge is 0.444 e. The van der Waals surface area contributed by atoms with Crippen molar-refractivity contribution in [3.63, 3.8) is 0 Å². The first-order chi connectivity index (χ1) is 14.9. The lowest BCUT2D eigenvalue weighted by molar-refractivity contribution is -0.137. The monoisotopic (exact) mass is 430 g/mol. The zero-order valence-corrected chi connectivity index (χ0v) is 17.6. The van der Waals surface area contributed by atoms with Gasteiger partial charge in [-0.2, -0.15) is 13.2 Å². The van der Waals surface area contributed by atoms with E-state index in [-0.39, 0.29) is 0 Å². The summed E-state index contributed by atoms with van der Waals surface area (Å²) in [5, 5.41) is 0. The summed E-state index contributed by atoms with van der Waals surface area (Å²) in [6.07, 6.45) is -1.81. The molecule has 0 bridgehead atoms. The molecule has 1 aliphatic heterocycles. The SMILES string of the molecule is CCN(CC)c1ccc(CN2CCc3nc(-c4ccc(C(F)(F)F)cc4)ncc3C2)o1. The van der Waals surface area contributed by atoms with Gasteiger partial charge in [0.1, 0.15) is 5.76 Å². The molecule has 0 spiro atoms. The maximum Gasteiger partial charge on any atom is 0.416 e. The van der Waals surface area contributed by atoms with E-state index in [4.69, 9.17) is 4.42 Å². The van der Waals surface area contributed by atoms with E-state index in [1.165, 1.54) is 12.1 Å². The van der Waals surface area contributed by atoms with Crippen molar-refractivity contribution in [1.29, 1.82) is 0 Å². The van der Waals surface area contributed by atoms with Crippen LogP contribution in [0.2, 0.25) is 0 Å². The van der Waals surface area contributed by atoms with Crippen molar-refractivity contribution >= 4 is 5.88 Å². The zero-order valence-electron chi connectivity index (χ0n) is 17.6. The van der Waals surface area contributed by atoms with Gasteiger partial charge in [0.25, 0.3) is 0 Å². The molecular weight excluding hydrogens is 405 g/mol. The van der Waals surface area contributed by atoms with E-state index in [2.05, 4.69) is 33.6 Å². The third-order valence-electron chi connectivity index (χ3n) is 5.59. The van der Waals surface area contributed by atoms with Crippen LogP contribution in [0.5, 0.6) is 0 Å². The number of benzene rings is 1. The van der Waals surface area contributed by atoms with Gasteiger partial charge in [0, 0.05) is 56.0 Å². The summed E-state index contributed by atoms with van der Waals surface area (Å²) in [6.45, 7) is 8.26. The van der Waals surface area contributed by atoms with E-state index in [1.807, 2.05) is 12.1 Å². The van der Waals surface area contributed by atoms with Gasteiger partial charge in [0.15, 0.2) is 11.7 Å². The minimum absolute atomic E-state index is 0.454. The number of hydrogen-bond donors (Lipinski definition) is 0. The van der Waals surface area contributed by atoms with E-state index in [9.17, 15) is 13.2 Å². The van der Waals surface area contributed by atoms with Crippen LogP contribution in [-0.4, -0.2) is 34.5 Å². The summed E-state index contributed by atoms with van der Waals surface area (Å²) in [5.41, 5.74) is 1.89. The highest BCUT2D eigenvalue weighted by Gasteiger charge is 2.30. The van der Waals surface area contributed by atoms with Crippen LogP contribution in [0.1, 0.15) is 36.4 Å². The van der Waals surface area contributed by atoms with Gasteiger partial charge in [0.05, 0.1) is 17.8 Å². The van der Waals surface area contributed by atoms with Crippen LogP contribution in [0.15, 0.2) is 47.0 Å². The van der Waals surface area contributed by atoms with Gasteiger partial charge in [-0.05, 0) is 32.0 Å². The Balaban J connectivity index is 1.44. The topological polar surface area (TPSA) is 45.4 Å². The Hall–Kier alpha value is -2.87. The van der Waals surface area contributed by atoms with Gasteiger partial charge < -0.3 is 9.32 Å². The van der Waals surface area contributed by atoms with E-state index in [1.54, 1.807) is 6.20 Å². The van der Waals surface area contributed by atoms with E-state index in [0.29, 0.717) is 24.5 Å². The summed E-state index contributed by atoms with van der Waals surface area (Å²) < 4.78 is 44.3. The van der Waals surface area contributed by atoms with Gasteiger partial charge in [-0.3, -0.25) is 4.90 Å². The third-order valence-corrected chi connectivity index (χ3v) is 5.59. The number of fused-ring (bicyclic) bond motifs is 1. The van der Waals surface area contributed by atoms with E-state index in [0.717, 1.165) is 61.1 Å². The maximum absolute atomic E-state index is 12.8. The second-order valence-electron chi connectivity index (χ2n) is 7.61. The van der Waals surface area contributed by atoms with Crippen molar-refractivity contribution in [2.75, 3.05) is 24.5 Å². The van der Waals surface area contributed by atoms with Crippen LogP contribution in [0, 0.1) is 0 Å². The van der Waals surface area contributed by atoms with Crippen LogP contribution in [0.25, 0.3) is 11.4 Å². The molecule has 8 heteroatoms. The van der Waals surface area contributed by atoms with Gasteiger partial charge in [-0.1, -0.05) is 12.1 Å². The fraction of sp³-hybridized carbons (Fsp3) is 0.391. The van der Waals surface area contributed by atoms with Gasteiger partial charge >= 0.3 is 6.18 Å². The summed E-state index contributed by atoms with van der Waals surface area (Å²) in [6, 6.07) is 9.01. The molecule has 0 atom stereocenters. The minimum Gasteiger partial charge on any atom is -0.444 e. The molecule has 31 heavy (non-hydrogen) atoms. The number of furan rings is 1. The molecule has 0 radical (unpaired) electrons. The quantitative estimate of drug-likeness (QED) is 0.541. The lowest BCUT2D eigenvalue weighted by Crippen LogP contribution is -2.30. The number of nitrogens with zero attached hydrogens (tertiary/aromatic N) is 4. The van der Waals surface area contributed by atoms with Crippen molar-refractivity contribution in [3.05, 3.63) is 65.2 Å². The van der Waals surface area contributed by atoms with Crippen LogP contribution >= 0.6 is 0 Å². The number of halogens is 3. The average molecular weight is 430 g/mol. The zero-order chi connectivity index (χ0) is 22.0. The van der Waals surface area contributed by atoms with Gasteiger partial charge in [0.2, 0.25) is 0 Å². The number of rotatable bonds is 6. The fourth-order valence-electron chi connectivity index (χ4n) is 3.83. The summed E-state index contributed by atoms with van der Waals surface area (Å²) in [5.74, 6) is 2.27. The summed E-state index contributed by atoms with van der Waals surface area (Å²) in [7, 11) is 0. The molecule has 0 saturated carbocycles. The molecule has 4 rings (SSSR count). The first-order valence-electron chi connectivity index (χ1n) is 10.5. The second-order valence-corrected chi connectivity index (χ2v) is 7.61. The number of hydrogen-bond acceptors (Lipinski definition) is 5. The van der Waals surface area contributed by atoms with Crippen molar-refractivity contribution in [3.8, 4) is 11.4 Å². The normalized spacial score (nSPS) is 14.5. The lowest BCUT2D eigenvalue weighted by Gasteiger charge is -2.27. The molecule has 1 aromatic carbocycles. The van der Waals surface area contributed by atoms with Crippen LogP contribution in [0.3, 0.4) is 0 Å². The predicted octanol–water partition coefficient (Wildman–Crippen LogP) is 5.16. The van der Waals surface area contributed by atoms with Crippen LogP contribution in [-0.2, 0) is 25.7 Å². The molecular formula is C23H25F3N4O. The predicted molar refractivity (Wildman–Crippen MR) is 113 cm³/mol. The minimum atomic E-state index is -4.35. The molecule has 0 fully saturated rings. The van der Waals surface area contributed by atoms with E-state index < -0.39 is 11.7 Å². The third kappa shape index (κ3) is 4.74. The molecule has 5 nitrogen and oxygen atoms in total. The van der Waals surface area contributed by atoms with Crippen molar-refractivity contribution in [2.45, 2.75) is 39.5 Å². The number of anilines is 1. The molecule has 2 aromatic heterocycles. The maximum atomic E-state index is 12.8.